The second-order valence-electron chi connectivity index (χ2n) is 5.64. The van der Waals surface area contributed by atoms with Crippen molar-refractivity contribution in [1.29, 1.82) is 0 Å². The largest absolute Gasteiger partial charge is 0.481 e. The van der Waals surface area contributed by atoms with Gasteiger partial charge in [-0.1, -0.05) is 44.2 Å². The molecule has 7 heteroatoms. The highest BCUT2D eigenvalue weighted by Crippen LogP contribution is 2.29. The van der Waals surface area contributed by atoms with Crippen LogP contribution in [-0.2, 0) is 4.79 Å². The maximum Gasteiger partial charge on any atom is 0.305 e. The summed E-state index contributed by atoms with van der Waals surface area (Å²) in [4.78, 5) is 23.7. The summed E-state index contributed by atoms with van der Waals surface area (Å²) >= 11 is 3.42. The van der Waals surface area contributed by atoms with Crippen LogP contribution in [0, 0.1) is 0 Å². The number of nitrogens with one attached hydrogen (secondary N) is 2. The number of rotatable bonds is 7. The predicted octanol–water partition coefficient (Wildman–Crippen LogP) is 3.60. The predicted molar refractivity (Wildman–Crippen MR) is 94.8 cm³/mol. The molecule has 2 rings (SSSR count). The van der Waals surface area contributed by atoms with Crippen LogP contribution in [0.4, 0.5) is 0 Å². The number of nitrogens with zero attached hydrogens (tertiary/aromatic N) is 1. The Bertz CT molecular complexity index is 724. The second-order valence-corrected chi connectivity index (χ2v) is 6.43. The highest BCUT2D eigenvalue weighted by atomic mass is 79.9. The van der Waals surface area contributed by atoms with Gasteiger partial charge in [-0.15, -0.1) is 0 Å². The first-order valence-corrected chi connectivity index (χ1v) is 8.55. The number of hydrogen-bond acceptors (Lipinski definition) is 3. The van der Waals surface area contributed by atoms with Gasteiger partial charge in [0.1, 0.15) is 11.4 Å². The molecule has 128 valence electrons. The fraction of sp³-hybridized carbons (Fsp3) is 0.353. The van der Waals surface area contributed by atoms with E-state index >= 15 is 0 Å². The smallest absolute Gasteiger partial charge is 0.305 e. The first-order valence-electron chi connectivity index (χ1n) is 7.76. The Labute approximate surface area is 148 Å². The van der Waals surface area contributed by atoms with E-state index in [1.807, 2.05) is 44.2 Å². The lowest BCUT2D eigenvalue weighted by Gasteiger charge is -2.31. The number of aromatic amines is 1. The Hall–Kier alpha value is -2.15. The second kappa shape index (κ2) is 7.61. The van der Waals surface area contributed by atoms with Crippen molar-refractivity contribution in [2.24, 2.45) is 0 Å². The zero-order valence-electron chi connectivity index (χ0n) is 13.6. The van der Waals surface area contributed by atoms with E-state index in [1.165, 1.54) is 0 Å². The number of benzene rings is 1. The number of H-pyrrole nitrogens is 1. The van der Waals surface area contributed by atoms with Crippen LogP contribution >= 0.6 is 15.9 Å². The van der Waals surface area contributed by atoms with Gasteiger partial charge in [0.15, 0.2) is 0 Å². The van der Waals surface area contributed by atoms with Gasteiger partial charge in [0.2, 0.25) is 0 Å². The average Bonchev–Trinajstić information content (AvgIpc) is 2.96. The van der Waals surface area contributed by atoms with Crippen LogP contribution in [0.15, 0.2) is 34.8 Å². The van der Waals surface area contributed by atoms with Crippen molar-refractivity contribution in [3.8, 4) is 11.3 Å². The Balaban J connectivity index is 2.27. The summed E-state index contributed by atoms with van der Waals surface area (Å²) in [6, 6.07) is 9.48. The van der Waals surface area contributed by atoms with Crippen molar-refractivity contribution in [2.75, 3.05) is 0 Å². The molecule has 24 heavy (non-hydrogen) atoms. The normalized spacial score (nSPS) is 11.3. The highest BCUT2D eigenvalue weighted by molar-refractivity contribution is 9.10. The topological polar surface area (TPSA) is 95.1 Å². The van der Waals surface area contributed by atoms with E-state index in [4.69, 9.17) is 5.11 Å². The van der Waals surface area contributed by atoms with Crippen LogP contribution in [0.3, 0.4) is 0 Å². The Morgan fingerprint density at radius 2 is 1.88 bits per heavy atom. The molecule has 1 amide bonds. The van der Waals surface area contributed by atoms with Gasteiger partial charge in [0, 0.05) is 5.56 Å². The van der Waals surface area contributed by atoms with E-state index in [9.17, 15) is 9.59 Å². The average molecular weight is 394 g/mol. The van der Waals surface area contributed by atoms with Crippen LogP contribution in [0.2, 0.25) is 0 Å². The number of carbonyl (C=O) groups excluding carboxylic acids is 1. The lowest BCUT2D eigenvalue weighted by molar-refractivity contribution is -0.138. The molecule has 0 atom stereocenters. The molecule has 6 nitrogen and oxygen atoms in total. The summed E-state index contributed by atoms with van der Waals surface area (Å²) in [6.07, 6.45) is 0.931. The molecule has 1 heterocycles. The van der Waals surface area contributed by atoms with E-state index < -0.39 is 11.5 Å². The zero-order valence-corrected chi connectivity index (χ0v) is 15.2. The van der Waals surface area contributed by atoms with Crippen molar-refractivity contribution in [1.82, 2.24) is 15.5 Å². The number of carboxylic acids is 1. The first-order chi connectivity index (χ1) is 11.4. The number of carboxylic acid groups (broad SMARTS) is 1. The van der Waals surface area contributed by atoms with Crippen molar-refractivity contribution >= 4 is 27.8 Å². The van der Waals surface area contributed by atoms with Gasteiger partial charge in [0.25, 0.3) is 5.91 Å². The summed E-state index contributed by atoms with van der Waals surface area (Å²) in [5, 5.41) is 18.9. The fourth-order valence-corrected chi connectivity index (χ4v) is 3.17. The minimum Gasteiger partial charge on any atom is -0.481 e. The molecular weight excluding hydrogens is 374 g/mol. The number of carbonyl (C=O) groups is 2. The standard InChI is InChI=1S/C17H20BrN3O3/c1-3-17(4-2,10-12(22)23)19-16(24)15-13(18)14(20-21-15)11-8-6-5-7-9-11/h5-9H,3-4,10H2,1-2H3,(H,19,24)(H,20,21)(H,22,23). The molecule has 1 aromatic carbocycles. The van der Waals surface area contributed by atoms with Crippen LogP contribution in [0.25, 0.3) is 11.3 Å². The summed E-state index contributed by atoms with van der Waals surface area (Å²) in [7, 11) is 0. The molecule has 0 aliphatic heterocycles. The number of halogens is 1. The van der Waals surface area contributed by atoms with Gasteiger partial charge in [-0.05, 0) is 28.8 Å². The molecule has 0 bridgehead atoms. The quantitative estimate of drug-likeness (QED) is 0.669. The molecule has 0 aliphatic rings. The van der Waals surface area contributed by atoms with Crippen molar-refractivity contribution in [3.63, 3.8) is 0 Å². The van der Waals surface area contributed by atoms with Gasteiger partial charge in [-0.2, -0.15) is 5.10 Å². The molecule has 0 radical (unpaired) electrons. The summed E-state index contributed by atoms with van der Waals surface area (Å²) < 4.78 is 0.558. The molecule has 3 N–H and O–H groups in total. The van der Waals surface area contributed by atoms with Crippen LogP contribution in [0.1, 0.15) is 43.6 Å². The molecular formula is C17H20BrN3O3. The third-order valence-electron chi connectivity index (χ3n) is 4.20. The van der Waals surface area contributed by atoms with Gasteiger partial charge in [0.05, 0.1) is 16.4 Å². The fourth-order valence-electron chi connectivity index (χ4n) is 2.58. The Morgan fingerprint density at radius 1 is 1.25 bits per heavy atom. The van der Waals surface area contributed by atoms with Crippen molar-refractivity contribution < 1.29 is 14.7 Å². The van der Waals surface area contributed by atoms with E-state index in [2.05, 4.69) is 31.4 Å². The summed E-state index contributed by atoms with van der Waals surface area (Å²) in [6.45, 7) is 3.73. The molecule has 0 saturated heterocycles. The zero-order chi connectivity index (χ0) is 17.7. The third-order valence-corrected chi connectivity index (χ3v) is 4.98. The maximum absolute atomic E-state index is 12.6. The number of amides is 1. The van der Waals surface area contributed by atoms with Crippen molar-refractivity contribution in [2.45, 2.75) is 38.6 Å². The minimum absolute atomic E-state index is 0.122. The van der Waals surface area contributed by atoms with Crippen LogP contribution in [-0.4, -0.2) is 32.7 Å². The van der Waals surface area contributed by atoms with Crippen LogP contribution < -0.4 is 5.32 Å². The molecule has 0 spiro atoms. The third kappa shape index (κ3) is 3.84. The maximum atomic E-state index is 12.6. The molecule has 0 aliphatic carbocycles. The van der Waals surface area contributed by atoms with E-state index in [0.717, 1.165) is 5.56 Å². The van der Waals surface area contributed by atoms with E-state index in [-0.39, 0.29) is 18.0 Å². The van der Waals surface area contributed by atoms with E-state index in [0.29, 0.717) is 23.0 Å². The van der Waals surface area contributed by atoms with Gasteiger partial charge in [-0.25, -0.2) is 0 Å². The van der Waals surface area contributed by atoms with Gasteiger partial charge >= 0.3 is 5.97 Å². The Morgan fingerprint density at radius 3 is 2.42 bits per heavy atom. The molecule has 0 saturated carbocycles. The SMILES string of the molecule is CCC(CC)(CC(=O)O)NC(=O)c1[nH]nc(-c2ccccc2)c1Br. The lowest BCUT2D eigenvalue weighted by Crippen LogP contribution is -2.49. The first kappa shape index (κ1) is 18.2. The molecule has 1 aromatic heterocycles. The number of aliphatic carboxylic acids is 1. The lowest BCUT2D eigenvalue weighted by atomic mass is 9.89. The monoisotopic (exact) mass is 393 g/mol. The summed E-state index contributed by atoms with van der Waals surface area (Å²) in [5.41, 5.74) is 1.02. The summed E-state index contributed by atoms with van der Waals surface area (Å²) in [5.74, 6) is -1.31. The number of aromatic nitrogens is 2. The van der Waals surface area contributed by atoms with Gasteiger partial charge in [-0.3, -0.25) is 14.7 Å². The molecule has 2 aromatic rings. The molecule has 0 unspecified atom stereocenters. The van der Waals surface area contributed by atoms with Gasteiger partial charge < -0.3 is 10.4 Å². The van der Waals surface area contributed by atoms with Crippen molar-refractivity contribution in [3.05, 3.63) is 40.5 Å². The van der Waals surface area contributed by atoms with E-state index in [1.54, 1.807) is 0 Å². The number of hydrogen-bond donors (Lipinski definition) is 3. The Kier molecular flexibility index (Phi) is 5.77. The molecule has 0 fully saturated rings. The van der Waals surface area contributed by atoms with Crippen LogP contribution in [0.5, 0.6) is 0 Å². The highest BCUT2D eigenvalue weighted by Gasteiger charge is 2.32. The minimum atomic E-state index is -0.937.